The second-order valence-corrected chi connectivity index (χ2v) is 5.09. The molecule has 0 atom stereocenters. The van der Waals surface area contributed by atoms with E-state index in [0.29, 0.717) is 12.1 Å². The van der Waals surface area contributed by atoms with E-state index in [1.54, 1.807) is 11.3 Å². The average molecular weight is 261 g/mol. The smallest absolute Gasteiger partial charge is 0.150 e. The van der Waals surface area contributed by atoms with Crippen molar-refractivity contribution in [2.45, 2.75) is 0 Å². The van der Waals surface area contributed by atoms with Crippen LogP contribution in [0, 0.1) is 0 Å². The van der Waals surface area contributed by atoms with Crippen LogP contribution in [0.4, 0.5) is 5.00 Å². The molecule has 2 aromatic rings. The minimum atomic E-state index is 0.151. The van der Waals surface area contributed by atoms with Crippen molar-refractivity contribution in [3.05, 3.63) is 42.0 Å². The van der Waals surface area contributed by atoms with Crippen LogP contribution in [-0.4, -0.2) is 31.6 Å². The zero-order chi connectivity index (χ0) is 13.0. The molecule has 0 fully saturated rings. The van der Waals surface area contributed by atoms with Gasteiger partial charge in [0.15, 0.2) is 0 Å². The van der Waals surface area contributed by atoms with E-state index in [-0.39, 0.29) is 6.61 Å². The SMILES string of the molecule is CN(CCO)c1ccc(-c2ccc(C=O)cc2)s1. The van der Waals surface area contributed by atoms with Crippen LogP contribution in [0.3, 0.4) is 0 Å². The second kappa shape index (κ2) is 5.80. The molecule has 1 N–H and O–H groups in total. The lowest BCUT2D eigenvalue weighted by atomic mass is 10.1. The highest BCUT2D eigenvalue weighted by Gasteiger charge is 2.06. The van der Waals surface area contributed by atoms with Crippen LogP contribution in [0.5, 0.6) is 0 Å². The normalized spacial score (nSPS) is 10.3. The van der Waals surface area contributed by atoms with Crippen molar-refractivity contribution in [3.8, 4) is 10.4 Å². The molecule has 2 rings (SSSR count). The number of aliphatic hydroxyl groups excluding tert-OH is 1. The number of anilines is 1. The number of thiophene rings is 1. The van der Waals surface area contributed by atoms with Crippen molar-refractivity contribution < 1.29 is 9.90 Å². The third kappa shape index (κ3) is 2.78. The van der Waals surface area contributed by atoms with Crippen LogP contribution in [0.2, 0.25) is 0 Å². The molecular weight excluding hydrogens is 246 g/mol. The molecule has 1 heterocycles. The van der Waals surface area contributed by atoms with Crippen LogP contribution in [-0.2, 0) is 0 Å². The summed E-state index contributed by atoms with van der Waals surface area (Å²) in [4.78, 5) is 13.8. The van der Waals surface area contributed by atoms with E-state index in [1.165, 1.54) is 0 Å². The van der Waals surface area contributed by atoms with Crippen molar-refractivity contribution in [1.82, 2.24) is 0 Å². The van der Waals surface area contributed by atoms with Gasteiger partial charge in [-0.1, -0.05) is 24.3 Å². The first-order valence-electron chi connectivity index (χ1n) is 5.72. The predicted molar refractivity (Wildman–Crippen MR) is 75.5 cm³/mol. The van der Waals surface area contributed by atoms with Gasteiger partial charge in [0.25, 0.3) is 0 Å². The first kappa shape index (κ1) is 12.8. The summed E-state index contributed by atoms with van der Waals surface area (Å²) >= 11 is 1.67. The number of hydrogen-bond acceptors (Lipinski definition) is 4. The summed E-state index contributed by atoms with van der Waals surface area (Å²) in [7, 11) is 1.96. The molecule has 1 aromatic heterocycles. The molecule has 0 amide bonds. The molecule has 1 aromatic carbocycles. The topological polar surface area (TPSA) is 40.5 Å². The first-order chi connectivity index (χ1) is 8.74. The van der Waals surface area contributed by atoms with Crippen molar-refractivity contribution in [1.29, 1.82) is 0 Å². The Kier molecular flexibility index (Phi) is 4.12. The van der Waals surface area contributed by atoms with Gasteiger partial charge in [-0.15, -0.1) is 11.3 Å². The summed E-state index contributed by atoms with van der Waals surface area (Å²) in [5.41, 5.74) is 1.79. The van der Waals surface area contributed by atoms with E-state index in [0.717, 1.165) is 21.7 Å². The lowest BCUT2D eigenvalue weighted by Gasteiger charge is -2.14. The Morgan fingerprint density at radius 2 is 1.94 bits per heavy atom. The van der Waals surface area contributed by atoms with E-state index < -0.39 is 0 Å². The molecule has 0 saturated heterocycles. The maximum Gasteiger partial charge on any atom is 0.150 e. The van der Waals surface area contributed by atoms with Gasteiger partial charge in [0.2, 0.25) is 0 Å². The van der Waals surface area contributed by atoms with E-state index in [1.807, 2.05) is 42.3 Å². The third-order valence-electron chi connectivity index (χ3n) is 2.73. The van der Waals surface area contributed by atoms with Crippen LogP contribution < -0.4 is 4.90 Å². The molecule has 4 heteroatoms. The highest BCUT2D eigenvalue weighted by Crippen LogP contribution is 2.33. The van der Waals surface area contributed by atoms with Gasteiger partial charge in [-0.3, -0.25) is 4.79 Å². The maximum absolute atomic E-state index is 10.6. The van der Waals surface area contributed by atoms with Crippen LogP contribution in [0.15, 0.2) is 36.4 Å². The van der Waals surface area contributed by atoms with Crippen LogP contribution in [0.1, 0.15) is 10.4 Å². The predicted octanol–water partition coefficient (Wildman–Crippen LogP) is 2.66. The van der Waals surface area contributed by atoms with Gasteiger partial charge < -0.3 is 10.0 Å². The molecule has 0 bridgehead atoms. The summed E-state index contributed by atoms with van der Waals surface area (Å²) in [5.74, 6) is 0. The molecule has 94 valence electrons. The maximum atomic E-state index is 10.6. The van der Waals surface area contributed by atoms with Crippen molar-refractivity contribution in [2.24, 2.45) is 0 Å². The van der Waals surface area contributed by atoms with Crippen LogP contribution >= 0.6 is 11.3 Å². The number of hydrogen-bond donors (Lipinski definition) is 1. The van der Waals surface area contributed by atoms with Crippen molar-refractivity contribution in [2.75, 3.05) is 25.1 Å². The molecule has 0 spiro atoms. The fraction of sp³-hybridized carbons (Fsp3) is 0.214. The third-order valence-corrected chi connectivity index (χ3v) is 3.98. The van der Waals surface area contributed by atoms with Gasteiger partial charge in [-0.2, -0.15) is 0 Å². The molecule has 3 nitrogen and oxygen atoms in total. The zero-order valence-corrected chi connectivity index (χ0v) is 11.0. The summed E-state index contributed by atoms with van der Waals surface area (Å²) in [6.07, 6.45) is 0.846. The fourth-order valence-electron chi connectivity index (χ4n) is 1.67. The standard InChI is InChI=1S/C14H15NO2S/c1-15(8-9-16)14-7-6-13(18-14)12-4-2-11(10-17)3-5-12/h2-7,10,16H,8-9H2,1H3. The number of benzene rings is 1. The minimum Gasteiger partial charge on any atom is -0.395 e. The number of aliphatic hydroxyl groups is 1. The second-order valence-electron chi connectivity index (χ2n) is 4.02. The van der Waals surface area contributed by atoms with E-state index in [9.17, 15) is 4.79 Å². The van der Waals surface area contributed by atoms with Gasteiger partial charge in [0.05, 0.1) is 11.6 Å². The number of carbonyl (C=O) groups is 1. The molecule has 0 saturated carbocycles. The molecule has 0 aliphatic heterocycles. The lowest BCUT2D eigenvalue weighted by molar-refractivity contribution is 0.112. The monoisotopic (exact) mass is 261 g/mol. The number of likely N-dealkylation sites (N-methyl/N-ethyl adjacent to an activating group) is 1. The number of aldehydes is 1. The van der Waals surface area contributed by atoms with Crippen LogP contribution in [0.25, 0.3) is 10.4 Å². The van der Waals surface area contributed by atoms with Gasteiger partial charge in [0.1, 0.15) is 6.29 Å². The summed E-state index contributed by atoms with van der Waals surface area (Å²) in [6, 6.07) is 11.6. The molecular formula is C14H15NO2S. The Hall–Kier alpha value is -1.65. The Morgan fingerprint density at radius 1 is 1.22 bits per heavy atom. The first-order valence-corrected chi connectivity index (χ1v) is 6.53. The largest absolute Gasteiger partial charge is 0.395 e. The number of carbonyl (C=O) groups excluding carboxylic acids is 1. The molecule has 18 heavy (non-hydrogen) atoms. The van der Waals surface area contributed by atoms with E-state index in [2.05, 4.69) is 6.07 Å². The Morgan fingerprint density at radius 3 is 2.56 bits per heavy atom. The quantitative estimate of drug-likeness (QED) is 0.841. The molecule has 0 radical (unpaired) electrons. The van der Waals surface area contributed by atoms with Gasteiger partial charge in [0, 0.05) is 24.0 Å². The molecule has 0 aliphatic carbocycles. The van der Waals surface area contributed by atoms with Crippen molar-refractivity contribution >= 4 is 22.6 Å². The van der Waals surface area contributed by atoms with E-state index in [4.69, 9.17) is 5.11 Å². The summed E-state index contributed by atoms with van der Waals surface area (Å²) in [5, 5.41) is 10.0. The number of rotatable bonds is 5. The van der Waals surface area contributed by atoms with Gasteiger partial charge in [-0.25, -0.2) is 0 Å². The number of nitrogens with zero attached hydrogens (tertiary/aromatic N) is 1. The van der Waals surface area contributed by atoms with Gasteiger partial charge >= 0.3 is 0 Å². The van der Waals surface area contributed by atoms with E-state index >= 15 is 0 Å². The Labute approximate surface area is 110 Å². The fourth-order valence-corrected chi connectivity index (χ4v) is 2.67. The summed E-state index contributed by atoms with van der Waals surface area (Å²) < 4.78 is 0. The highest BCUT2D eigenvalue weighted by atomic mass is 32.1. The summed E-state index contributed by atoms with van der Waals surface area (Å²) in [6.45, 7) is 0.780. The Bertz CT molecular complexity index is 519. The molecule has 0 unspecified atom stereocenters. The molecule has 0 aliphatic rings. The van der Waals surface area contributed by atoms with Crippen molar-refractivity contribution in [3.63, 3.8) is 0 Å². The lowest BCUT2D eigenvalue weighted by Crippen LogP contribution is -2.19. The zero-order valence-electron chi connectivity index (χ0n) is 10.2. The minimum absolute atomic E-state index is 0.151. The average Bonchev–Trinajstić information content (AvgIpc) is 2.89. The highest BCUT2D eigenvalue weighted by molar-refractivity contribution is 7.19. The van der Waals surface area contributed by atoms with Gasteiger partial charge in [-0.05, 0) is 17.7 Å². The Balaban J connectivity index is 2.20.